The van der Waals surface area contributed by atoms with E-state index in [1.165, 1.54) is 10.8 Å². The number of hydrogen-bond donors (Lipinski definition) is 1. The fourth-order valence-corrected chi connectivity index (χ4v) is 1.76. The van der Waals surface area contributed by atoms with Crippen molar-refractivity contribution in [3.63, 3.8) is 0 Å². The summed E-state index contributed by atoms with van der Waals surface area (Å²) in [4.78, 5) is 20.1. The smallest absolute Gasteiger partial charge is 0.256 e. The van der Waals surface area contributed by atoms with Crippen molar-refractivity contribution >= 4 is 17.5 Å². The summed E-state index contributed by atoms with van der Waals surface area (Å²) in [5.41, 5.74) is 0.524. The highest BCUT2D eigenvalue weighted by Gasteiger charge is 2.09. The first-order valence-corrected chi connectivity index (χ1v) is 5.88. The van der Waals surface area contributed by atoms with Gasteiger partial charge in [0, 0.05) is 11.8 Å². The minimum atomic E-state index is -0.240. The Morgan fingerprint density at radius 1 is 1.20 bits per heavy atom. The molecule has 0 atom stereocenters. The van der Waals surface area contributed by atoms with Crippen molar-refractivity contribution in [1.82, 2.24) is 19.6 Å². The Kier molecular flexibility index (Phi) is 3.00. The van der Waals surface area contributed by atoms with Crippen molar-refractivity contribution in [1.29, 1.82) is 0 Å². The number of carbonyl (C=O) groups is 1. The molecule has 0 aliphatic rings. The van der Waals surface area contributed by atoms with Gasteiger partial charge in [0.25, 0.3) is 11.7 Å². The lowest BCUT2D eigenvalue weighted by Gasteiger charge is -2.06. The molecule has 0 aliphatic carbocycles. The Labute approximate surface area is 114 Å². The molecule has 7 heteroatoms. The van der Waals surface area contributed by atoms with E-state index in [1.54, 1.807) is 43.6 Å². The summed E-state index contributed by atoms with van der Waals surface area (Å²) in [6, 6.07) is 8.49. The highest BCUT2D eigenvalue weighted by molar-refractivity contribution is 6.03. The standard InChI is InChI=1S/C13H11N5O2/c1-20-10-4-2-9(3-5-10)12(19)17-11-6-7-14-13-15-8-16-18(11)13/h2-8H,1H3,(H,17,19). The summed E-state index contributed by atoms with van der Waals surface area (Å²) in [6.45, 7) is 0. The topological polar surface area (TPSA) is 81.4 Å². The molecule has 0 fully saturated rings. The van der Waals surface area contributed by atoms with Crippen molar-refractivity contribution in [3.8, 4) is 5.75 Å². The minimum Gasteiger partial charge on any atom is -0.497 e. The number of benzene rings is 1. The summed E-state index contributed by atoms with van der Waals surface area (Å²) >= 11 is 0. The third-order valence-corrected chi connectivity index (χ3v) is 2.77. The van der Waals surface area contributed by atoms with Crippen LogP contribution in [-0.4, -0.2) is 32.6 Å². The largest absolute Gasteiger partial charge is 0.497 e. The van der Waals surface area contributed by atoms with E-state index in [0.717, 1.165) is 0 Å². The van der Waals surface area contributed by atoms with Crippen LogP contribution in [0.2, 0.25) is 0 Å². The average Bonchev–Trinajstić information content (AvgIpc) is 2.97. The van der Waals surface area contributed by atoms with Crippen LogP contribution in [0.1, 0.15) is 10.4 Å². The molecule has 2 heterocycles. The third kappa shape index (κ3) is 2.16. The van der Waals surface area contributed by atoms with Crippen LogP contribution in [0.25, 0.3) is 5.78 Å². The third-order valence-electron chi connectivity index (χ3n) is 2.77. The fraction of sp³-hybridized carbons (Fsp3) is 0.0769. The van der Waals surface area contributed by atoms with Crippen LogP contribution in [0, 0.1) is 0 Å². The van der Waals surface area contributed by atoms with Gasteiger partial charge in [-0.3, -0.25) is 4.79 Å². The SMILES string of the molecule is COc1ccc(C(=O)Nc2ccnc3ncnn23)cc1. The second-order valence-corrected chi connectivity index (χ2v) is 3.98. The van der Waals surface area contributed by atoms with Gasteiger partial charge in [0.2, 0.25) is 0 Å². The number of nitrogens with one attached hydrogen (secondary N) is 1. The number of ether oxygens (including phenoxy) is 1. The van der Waals surface area contributed by atoms with Crippen LogP contribution in [0.4, 0.5) is 5.82 Å². The molecular formula is C13H11N5O2. The van der Waals surface area contributed by atoms with Gasteiger partial charge in [-0.2, -0.15) is 14.6 Å². The summed E-state index contributed by atoms with van der Waals surface area (Å²) in [6.07, 6.45) is 2.94. The van der Waals surface area contributed by atoms with Crippen molar-refractivity contribution in [2.45, 2.75) is 0 Å². The molecular weight excluding hydrogens is 258 g/mol. The zero-order chi connectivity index (χ0) is 13.9. The van der Waals surface area contributed by atoms with E-state index in [9.17, 15) is 4.79 Å². The van der Waals surface area contributed by atoms with Crippen LogP contribution in [0.15, 0.2) is 42.9 Å². The predicted octanol–water partition coefficient (Wildman–Crippen LogP) is 1.39. The quantitative estimate of drug-likeness (QED) is 0.777. The number of fused-ring (bicyclic) bond motifs is 1. The van der Waals surface area contributed by atoms with Crippen LogP contribution in [0.3, 0.4) is 0 Å². The van der Waals surface area contributed by atoms with E-state index in [4.69, 9.17) is 4.74 Å². The van der Waals surface area contributed by atoms with E-state index in [2.05, 4.69) is 20.4 Å². The molecule has 100 valence electrons. The molecule has 0 aliphatic heterocycles. The molecule has 0 saturated carbocycles. The molecule has 0 bridgehead atoms. The molecule has 1 N–H and O–H groups in total. The molecule has 0 radical (unpaired) electrons. The van der Waals surface area contributed by atoms with Gasteiger partial charge < -0.3 is 10.1 Å². The molecule has 3 aromatic rings. The van der Waals surface area contributed by atoms with E-state index >= 15 is 0 Å². The minimum absolute atomic E-state index is 0.240. The van der Waals surface area contributed by atoms with Crippen LogP contribution in [0.5, 0.6) is 5.75 Å². The summed E-state index contributed by atoms with van der Waals surface area (Å²) in [5, 5.41) is 6.77. The van der Waals surface area contributed by atoms with E-state index < -0.39 is 0 Å². The second kappa shape index (κ2) is 4.96. The van der Waals surface area contributed by atoms with Crippen LogP contribution < -0.4 is 10.1 Å². The average molecular weight is 269 g/mol. The maximum atomic E-state index is 12.1. The molecule has 7 nitrogen and oxygen atoms in total. The Hall–Kier alpha value is -2.96. The maximum absolute atomic E-state index is 12.1. The lowest BCUT2D eigenvalue weighted by atomic mass is 10.2. The predicted molar refractivity (Wildman–Crippen MR) is 71.7 cm³/mol. The van der Waals surface area contributed by atoms with Gasteiger partial charge in [0.05, 0.1) is 7.11 Å². The lowest BCUT2D eigenvalue weighted by Crippen LogP contribution is -2.14. The summed E-state index contributed by atoms with van der Waals surface area (Å²) in [5.74, 6) is 1.39. The summed E-state index contributed by atoms with van der Waals surface area (Å²) in [7, 11) is 1.58. The van der Waals surface area contributed by atoms with E-state index in [1.807, 2.05) is 0 Å². The van der Waals surface area contributed by atoms with Crippen LogP contribution in [-0.2, 0) is 0 Å². The number of hydrogen-bond acceptors (Lipinski definition) is 5. The monoisotopic (exact) mass is 269 g/mol. The van der Waals surface area contributed by atoms with Gasteiger partial charge in [-0.05, 0) is 30.3 Å². The first-order chi connectivity index (χ1) is 9.78. The Morgan fingerprint density at radius 2 is 2.00 bits per heavy atom. The second-order valence-electron chi connectivity index (χ2n) is 3.98. The van der Waals surface area contributed by atoms with Gasteiger partial charge in [0.1, 0.15) is 17.9 Å². The highest BCUT2D eigenvalue weighted by atomic mass is 16.5. The van der Waals surface area contributed by atoms with Gasteiger partial charge in [0.15, 0.2) is 0 Å². The first-order valence-electron chi connectivity index (χ1n) is 5.88. The number of amides is 1. The van der Waals surface area contributed by atoms with Gasteiger partial charge in [-0.15, -0.1) is 0 Å². The molecule has 0 spiro atoms. The first kappa shape index (κ1) is 12.1. The van der Waals surface area contributed by atoms with E-state index in [0.29, 0.717) is 22.9 Å². The van der Waals surface area contributed by atoms with Gasteiger partial charge in [-0.1, -0.05) is 0 Å². The Morgan fingerprint density at radius 3 is 2.75 bits per heavy atom. The zero-order valence-corrected chi connectivity index (χ0v) is 10.6. The number of rotatable bonds is 3. The Balaban J connectivity index is 1.86. The number of methoxy groups -OCH3 is 1. The number of aromatic nitrogens is 4. The summed E-state index contributed by atoms with van der Waals surface area (Å²) < 4.78 is 6.51. The van der Waals surface area contributed by atoms with Gasteiger partial charge in [-0.25, -0.2) is 4.98 Å². The zero-order valence-electron chi connectivity index (χ0n) is 10.6. The molecule has 2 aromatic heterocycles. The van der Waals surface area contributed by atoms with Crippen molar-refractivity contribution < 1.29 is 9.53 Å². The normalized spacial score (nSPS) is 10.4. The molecule has 1 aromatic carbocycles. The van der Waals surface area contributed by atoms with Crippen molar-refractivity contribution in [2.75, 3.05) is 12.4 Å². The molecule has 0 saturated heterocycles. The van der Waals surface area contributed by atoms with Crippen molar-refractivity contribution in [2.24, 2.45) is 0 Å². The molecule has 3 rings (SSSR count). The van der Waals surface area contributed by atoms with E-state index in [-0.39, 0.29) is 5.91 Å². The molecule has 20 heavy (non-hydrogen) atoms. The highest BCUT2D eigenvalue weighted by Crippen LogP contribution is 2.13. The van der Waals surface area contributed by atoms with Gasteiger partial charge >= 0.3 is 0 Å². The van der Waals surface area contributed by atoms with Crippen molar-refractivity contribution in [3.05, 3.63) is 48.4 Å². The number of anilines is 1. The lowest BCUT2D eigenvalue weighted by molar-refractivity contribution is 0.102. The maximum Gasteiger partial charge on any atom is 0.256 e. The molecule has 0 unspecified atom stereocenters. The van der Waals surface area contributed by atoms with Crippen LogP contribution >= 0.6 is 0 Å². The fourth-order valence-electron chi connectivity index (χ4n) is 1.76. The Bertz CT molecular complexity index is 751. The number of carbonyl (C=O) groups excluding carboxylic acids is 1. The number of nitrogens with zero attached hydrogens (tertiary/aromatic N) is 4. The molecule has 1 amide bonds.